The Bertz CT molecular complexity index is 804. The van der Waals surface area contributed by atoms with Gasteiger partial charge in [0.1, 0.15) is 17.7 Å². The topological polar surface area (TPSA) is 76.8 Å². The number of aliphatic imine (C=N–C) groups is 1. The van der Waals surface area contributed by atoms with Gasteiger partial charge in [-0.1, -0.05) is 6.07 Å². The molecule has 0 bridgehead atoms. The fourth-order valence-electron chi connectivity index (χ4n) is 3.79. The zero-order valence-corrected chi connectivity index (χ0v) is 19.3. The van der Waals surface area contributed by atoms with Crippen LogP contribution in [0.4, 0.5) is 0 Å². The molecule has 0 spiro atoms. The molecule has 2 aromatic heterocycles. The number of morpholine rings is 1. The van der Waals surface area contributed by atoms with Gasteiger partial charge in [0, 0.05) is 51.9 Å². The molecule has 2 aromatic rings. The molecular formula is C20H29IN6O2. The number of aryl methyl sites for hydroxylation is 1. The average molecular weight is 512 g/mol. The van der Waals surface area contributed by atoms with Crippen molar-refractivity contribution in [1.29, 1.82) is 0 Å². The predicted molar refractivity (Wildman–Crippen MR) is 122 cm³/mol. The van der Waals surface area contributed by atoms with Gasteiger partial charge in [0.2, 0.25) is 0 Å². The highest BCUT2D eigenvalue weighted by atomic mass is 127. The molecule has 158 valence electrons. The standard InChI is InChI=1S/C20H28N6O2.HI/c1-15-22-7-8-26(15)19-6-5-16(12-23-19)13-24-20(21-2)25-9-11-28-18(14-25)17-4-3-10-27-17;/h5-8,12,17-18H,3-4,9-11,13-14H2,1-2H3,(H,21,24);1H. The summed E-state index contributed by atoms with van der Waals surface area (Å²) in [5.74, 6) is 2.68. The minimum atomic E-state index is 0. The second kappa shape index (κ2) is 10.4. The second-order valence-corrected chi connectivity index (χ2v) is 7.18. The highest BCUT2D eigenvalue weighted by molar-refractivity contribution is 14.0. The minimum absolute atomic E-state index is 0. The van der Waals surface area contributed by atoms with E-state index in [0.29, 0.717) is 13.2 Å². The zero-order valence-electron chi connectivity index (χ0n) is 17.0. The third kappa shape index (κ3) is 5.26. The van der Waals surface area contributed by atoms with Gasteiger partial charge in [-0.05, 0) is 31.4 Å². The number of nitrogens with zero attached hydrogens (tertiary/aromatic N) is 5. The summed E-state index contributed by atoms with van der Waals surface area (Å²) in [4.78, 5) is 15.5. The van der Waals surface area contributed by atoms with Crippen LogP contribution in [0, 0.1) is 6.92 Å². The normalized spacial score (nSPS) is 22.4. The predicted octanol–water partition coefficient (Wildman–Crippen LogP) is 2.15. The number of hydrogen-bond donors (Lipinski definition) is 1. The molecule has 8 nitrogen and oxygen atoms in total. The van der Waals surface area contributed by atoms with Gasteiger partial charge in [-0.2, -0.15) is 0 Å². The van der Waals surface area contributed by atoms with E-state index in [1.807, 2.05) is 37.0 Å². The van der Waals surface area contributed by atoms with Crippen molar-refractivity contribution in [3.8, 4) is 5.82 Å². The molecule has 2 unspecified atom stereocenters. The van der Waals surface area contributed by atoms with Crippen LogP contribution < -0.4 is 5.32 Å². The van der Waals surface area contributed by atoms with Crippen LogP contribution in [-0.4, -0.2) is 71.0 Å². The van der Waals surface area contributed by atoms with Gasteiger partial charge < -0.3 is 19.7 Å². The zero-order chi connectivity index (χ0) is 19.3. The first-order valence-corrected chi connectivity index (χ1v) is 9.88. The first-order valence-electron chi connectivity index (χ1n) is 9.88. The van der Waals surface area contributed by atoms with Crippen LogP contribution in [0.15, 0.2) is 35.7 Å². The van der Waals surface area contributed by atoms with E-state index in [2.05, 4.69) is 31.2 Å². The van der Waals surface area contributed by atoms with E-state index in [-0.39, 0.29) is 36.2 Å². The van der Waals surface area contributed by atoms with E-state index < -0.39 is 0 Å². The Kier molecular flexibility index (Phi) is 7.84. The summed E-state index contributed by atoms with van der Waals surface area (Å²) in [6, 6.07) is 4.09. The summed E-state index contributed by atoms with van der Waals surface area (Å²) in [5, 5.41) is 3.45. The number of aromatic nitrogens is 3. The number of halogens is 1. The van der Waals surface area contributed by atoms with E-state index in [0.717, 1.165) is 55.7 Å². The molecule has 2 aliphatic heterocycles. The first kappa shape index (κ1) is 22.0. The van der Waals surface area contributed by atoms with Crippen molar-refractivity contribution in [2.75, 3.05) is 33.4 Å². The molecule has 0 aliphatic carbocycles. The molecule has 0 saturated carbocycles. The van der Waals surface area contributed by atoms with Crippen molar-refractivity contribution in [3.63, 3.8) is 0 Å². The molecule has 0 radical (unpaired) electrons. The monoisotopic (exact) mass is 512 g/mol. The number of guanidine groups is 1. The van der Waals surface area contributed by atoms with Crippen LogP contribution in [0.5, 0.6) is 0 Å². The van der Waals surface area contributed by atoms with Crippen LogP contribution in [0.2, 0.25) is 0 Å². The molecule has 4 heterocycles. The number of imidazole rings is 1. The van der Waals surface area contributed by atoms with Gasteiger partial charge in [0.05, 0.1) is 12.7 Å². The quantitative estimate of drug-likeness (QED) is 0.385. The van der Waals surface area contributed by atoms with Crippen LogP contribution in [-0.2, 0) is 16.0 Å². The number of hydrogen-bond acceptors (Lipinski definition) is 5. The maximum atomic E-state index is 5.94. The van der Waals surface area contributed by atoms with Gasteiger partial charge in [0.25, 0.3) is 0 Å². The van der Waals surface area contributed by atoms with E-state index in [1.54, 1.807) is 6.20 Å². The molecule has 2 atom stereocenters. The lowest BCUT2D eigenvalue weighted by molar-refractivity contribution is -0.0817. The van der Waals surface area contributed by atoms with Crippen molar-refractivity contribution in [3.05, 3.63) is 42.1 Å². The lowest BCUT2D eigenvalue weighted by Crippen LogP contribution is -2.53. The molecular weight excluding hydrogens is 483 g/mol. The van der Waals surface area contributed by atoms with Crippen molar-refractivity contribution < 1.29 is 9.47 Å². The van der Waals surface area contributed by atoms with Gasteiger partial charge in [-0.3, -0.25) is 9.56 Å². The molecule has 0 aromatic carbocycles. The van der Waals surface area contributed by atoms with E-state index in [9.17, 15) is 0 Å². The van der Waals surface area contributed by atoms with Crippen molar-refractivity contribution >= 4 is 29.9 Å². The Morgan fingerprint density at radius 2 is 2.10 bits per heavy atom. The third-order valence-corrected chi connectivity index (χ3v) is 5.32. The molecule has 9 heteroatoms. The number of pyridine rings is 1. The van der Waals surface area contributed by atoms with E-state index in [4.69, 9.17) is 9.47 Å². The summed E-state index contributed by atoms with van der Waals surface area (Å²) < 4.78 is 13.7. The number of nitrogens with one attached hydrogen (secondary N) is 1. The molecule has 2 aliphatic rings. The van der Waals surface area contributed by atoms with E-state index in [1.165, 1.54) is 0 Å². The number of rotatable bonds is 4. The van der Waals surface area contributed by atoms with Crippen LogP contribution in [0.3, 0.4) is 0 Å². The van der Waals surface area contributed by atoms with E-state index >= 15 is 0 Å². The Hall–Kier alpha value is -1.72. The molecule has 0 amide bonds. The van der Waals surface area contributed by atoms with Crippen LogP contribution in [0.1, 0.15) is 24.2 Å². The third-order valence-electron chi connectivity index (χ3n) is 5.32. The molecule has 4 rings (SSSR count). The minimum Gasteiger partial charge on any atom is -0.375 e. The smallest absolute Gasteiger partial charge is 0.194 e. The van der Waals surface area contributed by atoms with Gasteiger partial charge in [-0.25, -0.2) is 9.97 Å². The maximum absolute atomic E-state index is 5.94. The lowest BCUT2D eigenvalue weighted by Gasteiger charge is -2.37. The van der Waals surface area contributed by atoms with Gasteiger partial charge in [-0.15, -0.1) is 24.0 Å². The number of ether oxygens (including phenoxy) is 2. The van der Waals surface area contributed by atoms with Crippen molar-refractivity contribution in [2.24, 2.45) is 4.99 Å². The molecule has 1 N–H and O–H groups in total. The Balaban J connectivity index is 0.00000240. The fraction of sp³-hybridized carbons (Fsp3) is 0.550. The lowest BCUT2D eigenvalue weighted by atomic mass is 10.1. The van der Waals surface area contributed by atoms with Crippen LogP contribution >= 0.6 is 24.0 Å². The maximum Gasteiger partial charge on any atom is 0.194 e. The SMILES string of the molecule is CN=C(NCc1ccc(-n2ccnc2C)nc1)N1CCOC(C2CCCO2)C1.I. The average Bonchev–Trinajstić information content (AvgIpc) is 3.41. The summed E-state index contributed by atoms with van der Waals surface area (Å²) >= 11 is 0. The Labute approximate surface area is 188 Å². The fourth-order valence-corrected chi connectivity index (χ4v) is 3.79. The summed E-state index contributed by atoms with van der Waals surface area (Å²) in [6.07, 6.45) is 8.13. The van der Waals surface area contributed by atoms with Crippen molar-refractivity contribution in [2.45, 2.75) is 38.5 Å². The second-order valence-electron chi connectivity index (χ2n) is 7.18. The Morgan fingerprint density at radius 1 is 1.24 bits per heavy atom. The molecule has 29 heavy (non-hydrogen) atoms. The summed E-state index contributed by atoms with van der Waals surface area (Å²) in [6.45, 7) is 5.82. The highest BCUT2D eigenvalue weighted by Crippen LogP contribution is 2.21. The summed E-state index contributed by atoms with van der Waals surface area (Å²) in [7, 11) is 1.82. The molecule has 2 fully saturated rings. The van der Waals surface area contributed by atoms with Crippen molar-refractivity contribution in [1.82, 2.24) is 24.8 Å². The Morgan fingerprint density at radius 3 is 2.76 bits per heavy atom. The largest absolute Gasteiger partial charge is 0.375 e. The van der Waals surface area contributed by atoms with Crippen LogP contribution in [0.25, 0.3) is 5.82 Å². The van der Waals surface area contributed by atoms with Gasteiger partial charge >= 0.3 is 0 Å². The first-order chi connectivity index (χ1) is 13.7. The summed E-state index contributed by atoms with van der Waals surface area (Å²) in [5.41, 5.74) is 1.10. The van der Waals surface area contributed by atoms with Gasteiger partial charge in [0.15, 0.2) is 5.96 Å². The highest BCUT2D eigenvalue weighted by Gasteiger charge is 2.32. The molecule has 2 saturated heterocycles.